The van der Waals surface area contributed by atoms with Gasteiger partial charge in [0.05, 0.1) is 6.04 Å². The zero-order valence-corrected chi connectivity index (χ0v) is 10.6. The molecule has 2 atom stereocenters. The van der Waals surface area contributed by atoms with Crippen LogP contribution in [0.2, 0.25) is 0 Å². The van der Waals surface area contributed by atoms with Crippen molar-refractivity contribution in [3.63, 3.8) is 0 Å². The summed E-state index contributed by atoms with van der Waals surface area (Å²) in [6.45, 7) is 6.25. The lowest BCUT2D eigenvalue weighted by Crippen LogP contribution is -2.54. The summed E-state index contributed by atoms with van der Waals surface area (Å²) in [4.78, 5) is 35.3. The van der Waals surface area contributed by atoms with Crippen molar-refractivity contribution in [3.8, 4) is 0 Å². The Morgan fingerprint density at radius 2 is 2.06 bits per heavy atom. The van der Waals surface area contributed by atoms with Gasteiger partial charge in [-0.15, -0.1) is 0 Å². The highest BCUT2D eigenvalue weighted by molar-refractivity contribution is 5.87. The van der Waals surface area contributed by atoms with Crippen molar-refractivity contribution in [3.05, 3.63) is 0 Å². The molecule has 17 heavy (non-hydrogen) atoms. The zero-order valence-electron chi connectivity index (χ0n) is 10.6. The highest BCUT2D eigenvalue weighted by Gasteiger charge is 2.38. The molecule has 0 aromatic rings. The number of aldehydes is 1. The van der Waals surface area contributed by atoms with E-state index in [-0.39, 0.29) is 17.4 Å². The number of likely N-dealkylation sites (tertiary alicyclic amines) is 1. The molecule has 1 aliphatic rings. The van der Waals surface area contributed by atoms with Gasteiger partial charge < -0.3 is 15.0 Å². The second-order valence-corrected chi connectivity index (χ2v) is 5.46. The molecular formula is C12H20N2O3. The molecule has 2 unspecified atom stereocenters. The number of carbonyl (C=O) groups excluding carboxylic acids is 3. The topological polar surface area (TPSA) is 66.5 Å². The van der Waals surface area contributed by atoms with E-state index >= 15 is 0 Å². The largest absolute Gasteiger partial charge is 0.346 e. The third-order valence-corrected chi connectivity index (χ3v) is 3.09. The second kappa shape index (κ2) is 5.29. The van der Waals surface area contributed by atoms with Crippen LogP contribution < -0.4 is 5.32 Å². The maximum atomic E-state index is 12.3. The van der Waals surface area contributed by atoms with E-state index in [0.717, 1.165) is 12.7 Å². The van der Waals surface area contributed by atoms with Gasteiger partial charge in [0.15, 0.2) is 0 Å². The van der Waals surface area contributed by atoms with E-state index < -0.39 is 6.04 Å². The second-order valence-electron chi connectivity index (χ2n) is 5.46. The molecule has 0 aliphatic carbocycles. The van der Waals surface area contributed by atoms with Gasteiger partial charge in [0, 0.05) is 6.54 Å². The minimum absolute atomic E-state index is 0.167. The zero-order chi connectivity index (χ0) is 13.1. The van der Waals surface area contributed by atoms with Gasteiger partial charge in [-0.1, -0.05) is 20.8 Å². The van der Waals surface area contributed by atoms with Crippen molar-refractivity contribution in [2.75, 3.05) is 6.54 Å². The summed E-state index contributed by atoms with van der Waals surface area (Å²) < 4.78 is 0. The molecule has 5 heteroatoms. The minimum Gasteiger partial charge on any atom is -0.346 e. The van der Waals surface area contributed by atoms with Crippen LogP contribution in [0.5, 0.6) is 0 Å². The fraction of sp³-hybridized carbons (Fsp3) is 0.750. The van der Waals surface area contributed by atoms with Gasteiger partial charge in [-0.25, -0.2) is 0 Å². The smallest absolute Gasteiger partial charge is 0.246 e. The van der Waals surface area contributed by atoms with Gasteiger partial charge in [0.1, 0.15) is 12.3 Å². The first kappa shape index (κ1) is 13.7. The van der Waals surface area contributed by atoms with Crippen LogP contribution in [0.1, 0.15) is 33.6 Å². The molecular weight excluding hydrogens is 220 g/mol. The first-order chi connectivity index (χ1) is 7.91. The predicted molar refractivity (Wildman–Crippen MR) is 63.2 cm³/mol. The molecule has 0 spiro atoms. The molecule has 5 nitrogen and oxygen atoms in total. The number of nitrogens with zero attached hydrogens (tertiary/aromatic N) is 1. The minimum atomic E-state index is -0.583. The predicted octanol–water partition coefficient (Wildman–Crippen LogP) is 0.337. The van der Waals surface area contributed by atoms with Gasteiger partial charge in [-0.05, 0) is 18.3 Å². The normalized spacial score (nSPS) is 22.1. The standard InChI is InChI=1S/C12H20N2O3/c1-12(2,3)10(13-8-16)11(17)14-6-4-5-9(14)7-15/h7-10H,4-6H2,1-3H3,(H,13,16). The Morgan fingerprint density at radius 3 is 2.53 bits per heavy atom. The summed E-state index contributed by atoms with van der Waals surface area (Å²) in [6.07, 6.45) is 2.91. The summed E-state index contributed by atoms with van der Waals surface area (Å²) in [5, 5.41) is 2.56. The van der Waals surface area contributed by atoms with E-state index in [9.17, 15) is 14.4 Å². The van der Waals surface area contributed by atoms with Crippen molar-refractivity contribution in [1.29, 1.82) is 0 Å². The summed E-state index contributed by atoms with van der Waals surface area (Å²) in [5.41, 5.74) is -0.367. The van der Waals surface area contributed by atoms with Crippen molar-refractivity contribution in [1.82, 2.24) is 10.2 Å². The quantitative estimate of drug-likeness (QED) is 0.720. The van der Waals surface area contributed by atoms with E-state index in [0.29, 0.717) is 19.4 Å². The number of hydrogen-bond donors (Lipinski definition) is 1. The van der Waals surface area contributed by atoms with E-state index in [1.165, 1.54) is 0 Å². The van der Waals surface area contributed by atoms with Crippen LogP contribution >= 0.6 is 0 Å². The van der Waals surface area contributed by atoms with Gasteiger partial charge in [-0.3, -0.25) is 9.59 Å². The van der Waals surface area contributed by atoms with E-state index in [4.69, 9.17) is 0 Å². The highest BCUT2D eigenvalue weighted by Crippen LogP contribution is 2.24. The van der Waals surface area contributed by atoms with Crippen molar-refractivity contribution >= 4 is 18.6 Å². The van der Waals surface area contributed by atoms with Crippen molar-refractivity contribution in [2.24, 2.45) is 5.41 Å². The Hall–Kier alpha value is -1.39. The van der Waals surface area contributed by atoms with E-state index in [2.05, 4.69) is 5.32 Å². The number of nitrogens with one attached hydrogen (secondary N) is 1. The maximum Gasteiger partial charge on any atom is 0.246 e. The molecule has 0 bridgehead atoms. The van der Waals surface area contributed by atoms with E-state index in [1.54, 1.807) is 4.90 Å². The van der Waals surface area contributed by atoms with Crippen LogP contribution in [-0.2, 0) is 14.4 Å². The molecule has 0 aromatic carbocycles. The Kier molecular flexibility index (Phi) is 4.26. The summed E-state index contributed by atoms with van der Waals surface area (Å²) in [7, 11) is 0. The molecule has 0 saturated carbocycles. The fourth-order valence-corrected chi connectivity index (χ4v) is 2.13. The van der Waals surface area contributed by atoms with Gasteiger partial charge >= 0.3 is 0 Å². The van der Waals surface area contributed by atoms with Gasteiger partial charge in [-0.2, -0.15) is 0 Å². The van der Waals surface area contributed by atoms with Crippen LogP contribution in [0, 0.1) is 5.41 Å². The average molecular weight is 240 g/mol. The van der Waals surface area contributed by atoms with E-state index in [1.807, 2.05) is 20.8 Å². The third kappa shape index (κ3) is 3.05. The van der Waals surface area contributed by atoms with Gasteiger partial charge in [0.2, 0.25) is 12.3 Å². The van der Waals surface area contributed by atoms with Crippen LogP contribution in [0.25, 0.3) is 0 Å². The number of amides is 2. The van der Waals surface area contributed by atoms with Crippen LogP contribution in [0.15, 0.2) is 0 Å². The van der Waals surface area contributed by atoms with Crippen LogP contribution in [-0.4, -0.2) is 42.1 Å². The summed E-state index contributed by atoms with van der Waals surface area (Å²) >= 11 is 0. The lowest BCUT2D eigenvalue weighted by molar-refractivity contribution is -0.140. The molecule has 1 rings (SSSR count). The molecule has 96 valence electrons. The number of rotatable bonds is 4. The lowest BCUT2D eigenvalue weighted by Gasteiger charge is -2.33. The SMILES string of the molecule is CC(C)(C)C(NC=O)C(=O)N1CCCC1C=O. The molecule has 1 saturated heterocycles. The maximum absolute atomic E-state index is 12.3. The Morgan fingerprint density at radius 1 is 1.41 bits per heavy atom. The highest BCUT2D eigenvalue weighted by atomic mass is 16.2. The molecule has 1 heterocycles. The van der Waals surface area contributed by atoms with Crippen LogP contribution in [0.4, 0.5) is 0 Å². The first-order valence-electron chi connectivity index (χ1n) is 5.87. The monoisotopic (exact) mass is 240 g/mol. The molecule has 1 N–H and O–H groups in total. The van der Waals surface area contributed by atoms with Crippen molar-refractivity contribution < 1.29 is 14.4 Å². The number of carbonyl (C=O) groups is 3. The van der Waals surface area contributed by atoms with Crippen LogP contribution in [0.3, 0.4) is 0 Å². The summed E-state index contributed by atoms with van der Waals surface area (Å²) in [5.74, 6) is -0.167. The molecule has 0 radical (unpaired) electrons. The third-order valence-electron chi connectivity index (χ3n) is 3.09. The lowest BCUT2D eigenvalue weighted by atomic mass is 9.86. The van der Waals surface area contributed by atoms with Crippen molar-refractivity contribution in [2.45, 2.75) is 45.7 Å². The summed E-state index contributed by atoms with van der Waals surface area (Å²) in [6, 6.07) is -0.915. The first-order valence-corrected chi connectivity index (χ1v) is 5.87. The molecule has 0 aromatic heterocycles. The molecule has 1 fully saturated rings. The number of hydrogen-bond acceptors (Lipinski definition) is 3. The van der Waals surface area contributed by atoms with Gasteiger partial charge in [0.25, 0.3) is 0 Å². The fourth-order valence-electron chi connectivity index (χ4n) is 2.13. The molecule has 2 amide bonds. The Bertz CT molecular complexity index is 309. The Balaban J connectivity index is 2.84. The average Bonchev–Trinajstić information content (AvgIpc) is 2.71. The Labute approximate surface area is 102 Å². The molecule has 1 aliphatic heterocycles.